The fourth-order valence-corrected chi connectivity index (χ4v) is 3.32. The van der Waals surface area contributed by atoms with Crippen molar-refractivity contribution in [1.29, 1.82) is 0 Å². The second-order valence-electron chi connectivity index (χ2n) is 4.34. The molecule has 0 spiro atoms. The number of imidazole rings is 1. The van der Waals surface area contributed by atoms with Gasteiger partial charge in [-0.2, -0.15) is 0 Å². The summed E-state index contributed by atoms with van der Waals surface area (Å²) in [5, 5.41) is 3.15. The summed E-state index contributed by atoms with van der Waals surface area (Å²) in [6.45, 7) is 0.837. The summed E-state index contributed by atoms with van der Waals surface area (Å²) in [4.78, 5) is 8.98. The maximum absolute atomic E-state index is 5.76. The number of aromatic nitrogens is 3. The van der Waals surface area contributed by atoms with E-state index in [-0.39, 0.29) is 0 Å². The predicted molar refractivity (Wildman–Crippen MR) is 69.6 cm³/mol. The minimum Gasteiger partial charge on any atom is -0.327 e. The number of nitrogens with zero attached hydrogens (tertiary/aromatic N) is 3. The normalized spacial score (nSPS) is 14.9. The van der Waals surface area contributed by atoms with Crippen LogP contribution in [0.25, 0.3) is 0 Å². The zero-order chi connectivity index (χ0) is 11.7. The first-order valence-electron chi connectivity index (χ1n) is 5.89. The largest absolute Gasteiger partial charge is 0.327 e. The molecule has 1 aliphatic rings. The second-order valence-corrected chi connectivity index (χ2v) is 5.55. The van der Waals surface area contributed by atoms with Crippen molar-refractivity contribution in [3.05, 3.63) is 33.8 Å². The monoisotopic (exact) mass is 267 g/mol. The van der Waals surface area contributed by atoms with Crippen LogP contribution in [0.4, 0.5) is 0 Å². The summed E-state index contributed by atoms with van der Waals surface area (Å²) in [5.41, 5.74) is 3.66. The van der Waals surface area contributed by atoms with Crippen LogP contribution in [0, 0.1) is 0 Å². The van der Waals surface area contributed by atoms with Crippen LogP contribution in [0.5, 0.6) is 0 Å². The highest BCUT2D eigenvalue weighted by atomic mass is 35.5. The van der Waals surface area contributed by atoms with Crippen molar-refractivity contribution in [1.82, 2.24) is 14.5 Å². The number of hydrogen-bond donors (Lipinski definition) is 0. The van der Waals surface area contributed by atoms with Gasteiger partial charge < -0.3 is 4.57 Å². The third-order valence-electron chi connectivity index (χ3n) is 3.15. The van der Waals surface area contributed by atoms with Crippen LogP contribution in [-0.4, -0.2) is 14.5 Å². The molecule has 1 aliphatic carbocycles. The lowest BCUT2D eigenvalue weighted by Gasteiger charge is -2.12. The number of aryl methyl sites for hydroxylation is 1. The molecule has 0 atom stereocenters. The molecule has 2 aromatic rings. The van der Waals surface area contributed by atoms with E-state index in [4.69, 9.17) is 11.6 Å². The summed E-state index contributed by atoms with van der Waals surface area (Å²) in [5.74, 6) is 0.499. The van der Waals surface area contributed by atoms with Gasteiger partial charge in [0.15, 0.2) is 0 Å². The molecular weight excluding hydrogens is 254 g/mol. The highest BCUT2D eigenvalue weighted by Crippen LogP contribution is 2.21. The molecule has 0 fully saturated rings. The first-order valence-corrected chi connectivity index (χ1v) is 7.30. The van der Waals surface area contributed by atoms with Gasteiger partial charge in [0.05, 0.1) is 30.1 Å². The maximum atomic E-state index is 5.76. The summed E-state index contributed by atoms with van der Waals surface area (Å²) in [6, 6.07) is 0. The van der Waals surface area contributed by atoms with Crippen LogP contribution >= 0.6 is 22.9 Å². The Morgan fingerprint density at radius 2 is 2.24 bits per heavy atom. The van der Waals surface area contributed by atoms with E-state index in [2.05, 4.69) is 14.5 Å². The molecule has 0 amide bonds. The highest BCUT2D eigenvalue weighted by molar-refractivity contribution is 7.09. The smallest absolute Gasteiger partial charge is 0.113 e. The SMILES string of the molecule is ClCc1csc(Cn2cnc3c2CCCC3)n1. The van der Waals surface area contributed by atoms with Gasteiger partial charge in [0, 0.05) is 11.1 Å². The number of fused-ring (bicyclic) bond motifs is 1. The van der Waals surface area contributed by atoms with Gasteiger partial charge in [0.25, 0.3) is 0 Å². The van der Waals surface area contributed by atoms with Gasteiger partial charge in [-0.25, -0.2) is 9.97 Å². The van der Waals surface area contributed by atoms with E-state index in [1.54, 1.807) is 11.3 Å². The molecule has 3 nitrogen and oxygen atoms in total. The first kappa shape index (κ1) is 11.2. The van der Waals surface area contributed by atoms with E-state index < -0.39 is 0 Å². The molecule has 0 aromatic carbocycles. The van der Waals surface area contributed by atoms with Crippen molar-refractivity contribution in [2.45, 2.75) is 38.1 Å². The van der Waals surface area contributed by atoms with Gasteiger partial charge in [-0.1, -0.05) is 0 Å². The Hall–Kier alpha value is -0.870. The predicted octanol–water partition coefficient (Wildman–Crippen LogP) is 3.01. The zero-order valence-corrected chi connectivity index (χ0v) is 11.1. The molecular formula is C12H14ClN3S. The molecule has 0 N–H and O–H groups in total. The average molecular weight is 268 g/mol. The van der Waals surface area contributed by atoms with E-state index in [1.807, 2.05) is 11.7 Å². The third-order valence-corrected chi connectivity index (χ3v) is 4.31. The van der Waals surface area contributed by atoms with Crippen LogP contribution in [0.15, 0.2) is 11.7 Å². The van der Waals surface area contributed by atoms with Crippen molar-refractivity contribution in [2.24, 2.45) is 0 Å². The fraction of sp³-hybridized carbons (Fsp3) is 0.500. The molecule has 2 aromatic heterocycles. The third kappa shape index (κ3) is 2.24. The Morgan fingerprint density at radius 1 is 1.35 bits per heavy atom. The lowest BCUT2D eigenvalue weighted by atomic mass is 10.0. The maximum Gasteiger partial charge on any atom is 0.113 e. The molecule has 0 saturated heterocycles. The van der Waals surface area contributed by atoms with Crippen LogP contribution in [0.2, 0.25) is 0 Å². The summed E-state index contributed by atoms with van der Waals surface area (Å²) in [7, 11) is 0. The minimum atomic E-state index is 0.499. The standard InChI is InChI=1S/C12H14ClN3S/c13-5-9-7-17-12(15-9)6-16-8-14-10-3-1-2-4-11(10)16/h7-8H,1-6H2. The molecule has 2 heterocycles. The summed E-state index contributed by atoms with van der Waals surface area (Å²) < 4.78 is 2.24. The van der Waals surface area contributed by atoms with Crippen molar-refractivity contribution in [2.75, 3.05) is 0 Å². The number of hydrogen-bond acceptors (Lipinski definition) is 3. The lowest BCUT2D eigenvalue weighted by Crippen LogP contribution is -2.08. The number of alkyl halides is 1. The Labute approximate surface area is 109 Å². The van der Waals surface area contributed by atoms with E-state index in [0.29, 0.717) is 5.88 Å². The molecule has 17 heavy (non-hydrogen) atoms. The Balaban J connectivity index is 1.82. The Morgan fingerprint density at radius 3 is 3.06 bits per heavy atom. The lowest BCUT2D eigenvalue weighted by molar-refractivity contribution is 0.627. The molecule has 0 unspecified atom stereocenters. The van der Waals surface area contributed by atoms with E-state index in [1.165, 1.54) is 24.2 Å². The summed E-state index contributed by atoms with van der Waals surface area (Å²) in [6.07, 6.45) is 6.80. The van der Waals surface area contributed by atoms with E-state index in [0.717, 1.165) is 30.1 Å². The van der Waals surface area contributed by atoms with Crippen molar-refractivity contribution < 1.29 is 0 Å². The van der Waals surface area contributed by atoms with E-state index >= 15 is 0 Å². The van der Waals surface area contributed by atoms with Crippen molar-refractivity contribution in [3.63, 3.8) is 0 Å². The number of rotatable bonds is 3. The molecule has 5 heteroatoms. The summed E-state index contributed by atoms with van der Waals surface area (Å²) >= 11 is 7.44. The average Bonchev–Trinajstić information content (AvgIpc) is 2.97. The van der Waals surface area contributed by atoms with Gasteiger partial charge in [-0.3, -0.25) is 0 Å². The Bertz CT molecular complexity index is 518. The van der Waals surface area contributed by atoms with Crippen molar-refractivity contribution >= 4 is 22.9 Å². The quantitative estimate of drug-likeness (QED) is 0.801. The van der Waals surface area contributed by atoms with Crippen LogP contribution in [-0.2, 0) is 25.3 Å². The second kappa shape index (κ2) is 4.78. The van der Waals surface area contributed by atoms with Crippen molar-refractivity contribution in [3.8, 4) is 0 Å². The molecule has 90 valence electrons. The van der Waals surface area contributed by atoms with Crippen LogP contribution in [0.1, 0.15) is 34.9 Å². The van der Waals surface area contributed by atoms with Gasteiger partial charge >= 0.3 is 0 Å². The minimum absolute atomic E-state index is 0.499. The Kier molecular flexibility index (Phi) is 3.16. The number of thiazole rings is 1. The molecule has 3 rings (SSSR count). The molecule has 0 saturated carbocycles. The van der Waals surface area contributed by atoms with Crippen LogP contribution < -0.4 is 0 Å². The van der Waals surface area contributed by atoms with E-state index in [9.17, 15) is 0 Å². The topological polar surface area (TPSA) is 30.7 Å². The van der Waals surface area contributed by atoms with Gasteiger partial charge in [-0.15, -0.1) is 22.9 Å². The van der Waals surface area contributed by atoms with Gasteiger partial charge in [0.2, 0.25) is 0 Å². The highest BCUT2D eigenvalue weighted by Gasteiger charge is 2.15. The fourth-order valence-electron chi connectivity index (χ4n) is 2.30. The number of halogens is 1. The zero-order valence-electron chi connectivity index (χ0n) is 9.53. The van der Waals surface area contributed by atoms with Gasteiger partial charge in [-0.05, 0) is 25.7 Å². The molecule has 0 bridgehead atoms. The van der Waals surface area contributed by atoms with Gasteiger partial charge in [0.1, 0.15) is 5.01 Å². The van der Waals surface area contributed by atoms with Crippen LogP contribution in [0.3, 0.4) is 0 Å². The first-order chi connectivity index (χ1) is 8.36. The molecule has 0 aliphatic heterocycles. The molecule has 0 radical (unpaired) electrons.